The summed E-state index contributed by atoms with van der Waals surface area (Å²) in [4.78, 5) is 27.9. The van der Waals surface area contributed by atoms with Crippen molar-refractivity contribution in [1.29, 1.82) is 0 Å². The minimum Gasteiger partial charge on any atom is -0.394 e. The molecule has 11 heteroatoms. The second-order valence-corrected chi connectivity index (χ2v) is 11.2. The predicted molar refractivity (Wildman–Crippen MR) is 155 cm³/mol. The van der Waals surface area contributed by atoms with Gasteiger partial charge in [0.25, 0.3) is 5.91 Å². The molecular formula is C33H36F6N2O3. The van der Waals surface area contributed by atoms with Crippen molar-refractivity contribution in [3.8, 4) is 0 Å². The molecule has 0 aliphatic rings. The molecule has 0 aliphatic carbocycles. The third kappa shape index (κ3) is 9.32. The van der Waals surface area contributed by atoms with Crippen LogP contribution in [0.5, 0.6) is 0 Å². The molecule has 0 aliphatic heterocycles. The SMILES string of the molecule is CC(C)C[C@@H](CO)NC(=O)CCC(C(c1ccccc1)c1ccccc1)N(C)C(=O)c1cc(C(F)(F)F)cc(C(F)(F)F)c1. The first-order valence-corrected chi connectivity index (χ1v) is 14.2. The topological polar surface area (TPSA) is 69.6 Å². The Hall–Kier alpha value is -3.86. The Kier molecular flexibility index (Phi) is 11.6. The highest BCUT2D eigenvalue weighted by Gasteiger charge is 2.39. The van der Waals surface area contributed by atoms with Crippen LogP contribution in [-0.2, 0) is 17.1 Å². The maximum Gasteiger partial charge on any atom is 0.416 e. The summed E-state index contributed by atoms with van der Waals surface area (Å²) in [5.41, 5.74) is -2.50. The van der Waals surface area contributed by atoms with Crippen LogP contribution in [0.15, 0.2) is 78.9 Å². The minimum absolute atomic E-state index is 0.0213. The second kappa shape index (κ2) is 14.7. The van der Waals surface area contributed by atoms with Gasteiger partial charge in [-0.05, 0) is 48.1 Å². The Morgan fingerprint density at radius 2 is 1.30 bits per heavy atom. The number of aliphatic hydroxyl groups excluding tert-OH is 1. The lowest BCUT2D eigenvalue weighted by molar-refractivity contribution is -0.143. The molecule has 5 nitrogen and oxygen atoms in total. The molecule has 0 aromatic heterocycles. The van der Waals surface area contributed by atoms with Crippen molar-refractivity contribution in [2.75, 3.05) is 13.7 Å². The number of rotatable bonds is 12. The first-order chi connectivity index (χ1) is 20.6. The normalized spacial score (nSPS) is 13.5. The van der Waals surface area contributed by atoms with Crippen LogP contribution in [0, 0.1) is 5.92 Å². The molecule has 1 unspecified atom stereocenters. The number of benzene rings is 3. The van der Waals surface area contributed by atoms with Crippen LogP contribution in [-0.4, -0.2) is 47.6 Å². The zero-order chi connectivity index (χ0) is 32.7. The van der Waals surface area contributed by atoms with Crippen molar-refractivity contribution in [2.24, 2.45) is 5.92 Å². The van der Waals surface area contributed by atoms with Crippen LogP contribution < -0.4 is 5.32 Å². The monoisotopic (exact) mass is 622 g/mol. The van der Waals surface area contributed by atoms with E-state index in [-0.39, 0.29) is 31.4 Å². The van der Waals surface area contributed by atoms with Crippen molar-refractivity contribution in [3.63, 3.8) is 0 Å². The Balaban J connectivity index is 2.08. The number of hydrogen-bond acceptors (Lipinski definition) is 3. The van der Waals surface area contributed by atoms with Crippen molar-refractivity contribution in [1.82, 2.24) is 10.2 Å². The quantitative estimate of drug-likeness (QED) is 0.208. The van der Waals surface area contributed by atoms with E-state index >= 15 is 0 Å². The van der Waals surface area contributed by atoms with E-state index in [0.29, 0.717) is 18.6 Å². The highest BCUT2D eigenvalue weighted by Crippen LogP contribution is 2.38. The number of nitrogens with one attached hydrogen (secondary N) is 1. The third-order valence-corrected chi connectivity index (χ3v) is 7.36. The first kappa shape index (κ1) is 34.6. The van der Waals surface area contributed by atoms with Crippen molar-refractivity contribution < 1.29 is 41.0 Å². The molecule has 2 atom stereocenters. The van der Waals surface area contributed by atoms with E-state index in [9.17, 15) is 41.0 Å². The number of nitrogens with zero attached hydrogens (tertiary/aromatic N) is 1. The Labute approximate surface area is 252 Å². The number of alkyl halides is 6. The zero-order valence-corrected chi connectivity index (χ0v) is 24.6. The number of amides is 2. The third-order valence-electron chi connectivity index (χ3n) is 7.36. The van der Waals surface area contributed by atoms with Gasteiger partial charge in [-0.15, -0.1) is 0 Å². The fraction of sp³-hybridized carbons (Fsp3) is 0.394. The summed E-state index contributed by atoms with van der Waals surface area (Å²) in [7, 11) is 1.31. The minimum atomic E-state index is -5.12. The lowest BCUT2D eigenvalue weighted by atomic mass is 9.82. The number of likely N-dealkylation sites (N-methyl/N-ethyl adjacent to an activating group) is 1. The summed E-state index contributed by atoms with van der Waals surface area (Å²) in [5, 5.41) is 12.5. The van der Waals surface area contributed by atoms with Crippen LogP contribution in [0.2, 0.25) is 0 Å². The van der Waals surface area contributed by atoms with Gasteiger partial charge in [-0.1, -0.05) is 74.5 Å². The number of aliphatic hydroxyl groups is 1. The van der Waals surface area contributed by atoms with E-state index in [4.69, 9.17) is 0 Å². The highest BCUT2D eigenvalue weighted by atomic mass is 19.4. The summed E-state index contributed by atoms with van der Waals surface area (Å²) in [5.74, 6) is -1.86. The maximum absolute atomic E-state index is 13.8. The molecule has 238 valence electrons. The summed E-state index contributed by atoms with van der Waals surface area (Å²) >= 11 is 0. The van der Waals surface area contributed by atoms with Crippen LogP contribution >= 0.6 is 0 Å². The standard InChI is InChI=1S/C33H36F6N2O3/c1-21(2)16-27(20-42)40-29(43)15-14-28(30(22-10-6-4-7-11-22)23-12-8-5-9-13-23)41(3)31(44)24-17-25(32(34,35)36)19-26(18-24)33(37,38)39/h4-13,17-19,21,27-28,30,42H,14-16,20H2,1-3H3,(H,40,43)/t27-,28?/m0/s1. The smallest absolute Gasteiger partial charge is 0.394 e. The molecule has 0 radical (unpaired) electrons. The van der Waals surface area contributed by atoms with Crippen LogP contribution in [0.1, 0.15) is 71.6 Å². The van der Waals surface area contributed by atoms with Crippen molar-refractivity contribution >= 4 is 11.8 Å². The summed E-state index contributed by atoms with van der Waals surface area (Å²) in [6.45, 7) is 3.60. The predicted octanol–water partition coefficient (Wildman–Crippen LogP) is 7.30. The zero-order valence-electron chi connectivity index (χ0n) is 24.6. The summed E-state index contributed by atoms with van der Waals surface area (Å²) in [6.07, 6.45) is -9.82. The molecule has 3 aromatic carbocycles. The number of carbonyl (C=O) groups excluding carboxylic acids is 2. The van der Waals surface area contributed by atoms with Crippen molar-refractivity contribution in [2.45, 2.75) is 63.5 Å². The average Bonchev–Trinajstić information content (AvgIpc) is 2.97. The Morgan fingerprint density at radius 3 is 1.70 bits per heavy atom. The maximum atomic E-state index is 13.8. The first-order valence-electron chi connectivity index (χ1n) is 14.2. The Bertz CT molecular complexity index is 1310. The van der Waals surface area contributed by atoms with Gasteiger partial charge >= 0.3 is 12.4 Å². The van der Waals surface area contributed by atoms with E-state index in [1.807, 2.05) is 13.8 Å². The van der Waals surface area contributed by atoms with Gasteiger partial charge in [-0.3, -0.25) is 9.59 Å². The molecule has 0 saturated heterocycles. The van der Waals surface area contributed by atoms with Gasteiger partial charge in [0, 0.05) is 31.0 Å². The number of carbonyl (C=O) groups is 2. The fourth-order valence-electron chi connectivity index (χ4n) is 5.30. The lowest BCUT2D eigenvalue weighted by Gasteiger charge is -2.36. The highest BCUT2D eigenvalue weighted by molar-refractivity contribution is 5.95. The average molecular weight is 623 g/mol. The molecule has 3 aromatic rings. The molecule has 2 amide bonds. The summed E-state index contributed by atoms with van der Waals surface area (Å²) in [6, 6.07) is 17.3. The molecule has 0 spiro atoms. The molecule has 3 rings (SSSR count). The summed E-state index contributed by atoms with van der Waals surface area (Å²) < 4.78 is 81.6. The molecule has 0 saturated carbocycles. The molecule has 44 heavy (non-hydrogen) atoms. The molecular weight excluding hydrogens is 586 g/mol. The molecule has 2 N–H and O–H groups in total. The molecule has 0 heterocycles. The lowest BCUT2D eigenvalue weighted by Crippen LogP contribution is -2.43. The largest absolute Gasteiger partial charge is 0.416 e. The van der Waals surface area contributed by atoms with Gasteiger partial charge in [0.2, 0.25) is 5.91 Å². The number of halogens is 6. The fourth-order valence-corrected chi connectivity index (χ4v) is 5.30. The van der Waals surface area contributed by atoms with Crippen LogP contribution in [0.4, 0.5) is 26.3 Å². The van der Waals surface area contributed by atoms with Gasteiger partial charge in [-0.2, -0.15) is 26.3 Å². The van der Waals surface area contributed by atoms with Gasteiger partial charge in [0.15, 0.2) is 0 Å². The van der Waals surface area contributed by atoms with Crippen LogP contribution in [0.3, 0.4) is 0 Å². The van der Waals surface area contributed by atoms with Gasteiger partial charge in [-0.25, -0.2) is 0 Å². The van der Waals surface area contributed by atoms with Gasteiger partial charge < -0.3 is 15.3 Å². The van der Waals surface area contributed by atoms with E-state index in [2.05, 4.69) is 5.32 Å². The Morgan fingerprint density at radius 1 is 0.818 bits per heavy atom. The van der Waals surface area contributed by atoms with Gasteiger partial charge in [0.05, 0.1) is 23.8 Å². The molecule has 0 fully saturated rings. The van der Waals surface area contributed by atoms with Crippen LogP contribution in [0.25, 0.3) is 0 Å². The van der Waals surface area contributed by atoms with Crippen molar-refractivity contribution in [3.05, 3.63) is 107 Å². The second-order valence-electron chi connectivity index (χ2n) is 11.2. The molecule has 0 bridgehead atoms. The van der Waals surface area contributed by atoms with E-state index < -0.39 is 58.9 Å². The van der Waals surface area contributed by atoms with Gasteiger partial charge in [0.1, 0.15) is 0 Å². The van der Waals surface area contributed by atoms with E-state index in [1.165, 1.54) is 7.05 Å². The number of hydrogen-bond donors (Lipinski definition) is 2. The van der Waals surface area contributed by atoms with E-state index in [1.54, 1.807) is 60.7 Å². The van der Waals surface area contributed by atoms with E-state index in [0.717, 1.165) is 16.0 Å².